The molecule has 1 N–H and O–H groups in total. The number of allylic oxidation sites excluding steroid dienone is 4. The molecule has 0 radical (unpaired) electrons. The van der Waals surface area contributed by atoms with Gasteiger partial charge in [0, 0.05) is 0 Å². The summed E-state index contributed by atoms with van der Waals surface area (Å²) in [5, 5.41) is 11.1. The van der Waals surface area contributed by atoms with Crippen LogP contribution >= 0.6 is 0 Å². The molecule has 0 aromatic heterocycles. The molecule has 1 saturated carbocycles. The number of hydrogen-bond acceptors (Lipinski definition) is 1. The standard InChI is InChI=1S/C20H34O/c1-15(2)7-6-12-20(5,21)18-11-14-19(4)13-10-16(3)8-9-17(18)19/h7,10,17-18,21H,6,8-9,11-14H2,1-5H3/t17-,18-,19-,20?/m0/s1. The average Bonchev–Trinajstić information content (AvgIpc) is 2.64. The summed E-state index contributed by atoms with van der Waals surface area (Å²) in [6.45, 7) is 11.1. The van der Waals surface area contributed by atoms with Gasteiger partial charge in [-0.05, 0) is 89.9 Å². The Labute approximate surface area is 131 Å². The highest BCUT2D eigenvalue weighted by molar-refractivity contribution is 5.10. The molecule has 2 rings (SSSR count). The SMILES string of the molecule is CC(C)=CCCC(C)(O)[C@H]1CC[C@]2(C)CC=C(C)CC[C@@H]12. The molecule has 0 aromatic carbocycles. The van der Waals surface area contributed by atoms with Crippen molar-refractivity contribution < 1.29 is 5.11 Å². The maximum absolute atomic E-state index is 11.1. The molecule has 1 nitrogen and oxygen atoms in total. The van der Waals surface area contributed by atoms with Crippen LogP contribution in [0.2, 0.25) is 0 Å². The lowest BCUT2D eigenvalue weighted by molar-refractivity contribution is -0.0368. The molecule has 1 fully saturated rings. The fraction of sp³-hybridized carbons (Fsp3) is 0.800. The van der Waals surface area contributed by atoms with Gasteiger partial charge in [0.05, 0.1) is 5.60 Å². The van der Waals surface area contributed by atoms with Crippen molar-refractivity contribution in [3.8, 4) is 0 Å². The Morgan fingerprint density at radius 2 is 2.14 bits per heavy atom. The summed E-state index contributed by atoms with van der Waals surface area (Å²) in [6.07, 6.45) is 12.8. The van der Waals surface area contributed by atoms with Crippen LogP contribution in [0.3, 0.4) is 0 Å². The highest BCUT2D eigenvalue weighted by Crippen LogP contribution is 2.56. The van der Waals surface area contributed by atoms with Gasteiger partial charge in [0.1, 0.15) is 0 Å². The molecule has 0 aliphatic heterocycles. The van der Waals surface area contributed by atoms with Crippen molar-refractivity contribution in [2.24, 2.45) is 17.3 Å². The molecule has 4 atom stereocenters. The summed E-state index contributed by atoms with van der Waals surface area (Å²) in [7, 11) is 0. The van der Waals surface area contributed by atoms with Crippen molar-refractivity contribution in [2.75, 3.05) is 0 Å². The molecule has 0 aromatic rings. The second kappa shape index (κ2) is 6.28. The third-order valence-corrected chi connectivity index (χ3v) is 6.18. The summed E-state index contributed by atoms with van der Waals surface area (Å²) < 4.78 is 0. The first-order chi connectivity index (χ1) is 9.74. The summed E-state index contributed by atoms with van der Waals surface area (Å²) in [5.41, 5.74) is 2.82. The van der Waals surface area contributed by atoms with Gasteiger partial charge in [-0.1, -0.05) is 30.2 Å². The highest BCUT2D eigenvalue weighted by Gasteiger charge is 2.50. The van der Waals surface area contributed by atoms with Gasteiger partial charge in [0.25, 0.3) is 0 Å². The van der Waals surface area contributed by atoms with Crippen LogP contribution in [0.5, 0.6) is 0 Å². The molecular weight excluding hydrogens is 256 g/mol. The second-order valence-corrected chi connectivity index (χ2v) is 8.38. The lowest BCUT2D eigenvalue weighted by Gasteiger charge is -2.39. The van der Waals surface area contributed by atoms with Crippen LogP contribution in [-0.2, 0) is 0 Å². The average molecular weight is 290 g/mol. The summed E-state index contributed by atoms with van der Waals surface area (Å²) in [5.74, 6) is 1.17. The van der Waals surface area contributed by atoms with Crippen molar-refractivity contribution in [2.45, 2.75) is 85.2 Å². The van der Waals surface area contributed by atoms with E-state index in [0.29, 0.717) is 17.3 Å². The molecule has 120 valence electrons. The molecule has 2 aliphatic rings. The topological polar surface area (TPSA) is 20.2 Å². The van der Waals surface area contributed by atoms with E-state index in [9.17, 15) is 5.11 Å². The Balaban J connectivity index is 2.08. The van der Waals surface area contributed by atoms with Crippen molar-refractivity contribution in [1.82, 2.24) is 0 Å². The molecule has 0 saturated heterocycles. The molecule has 0 heterocycles. The molecule has 0 amide bonds. The Kier molecular flexibility index (Phi) is 5.03. The van der Waals surface area contributed by atoms with Gasteiger partial charge in [-0.15, -0.1) is 0 Å². The van der Waals surface area contributed by atoms with E-state index in [2.05, 4.69) is 46.8 Å². The molecular formula is C20H34O. The first-order valence-corrected chi connectivity index (χ1v) is 8.76. The lowest BCUT2D eigenvalue weighted by Crippen LogP contribution is -2.39. The minimum Gasteiger partial charge on any atom is -0.390 e. The second-order valence-electron chi connectivity index (χ2n) is 8.38. The smallest absolute Gasteiger partial charge is 0.0653 e. The summed E-state index contributed by atoms with van der Waals surface area (Å²) in [6, 6.07) is 0. The van der Waals surface area contributed by atoms with Gasteiger partial charge in [0.2, 0.25) is 0 Å². The number of fused-ring (bicyclic) bond motifs is 1. The minimum absolute atomic E-state index is 0.420. The van der Waals surface area contributed by atoms with Crippen LogP contribution in [0.4, 0.5) is 0 Å². The molecule has 1 unspecified atom stereocenters. The third kappa shape index (κ3) is 3.80. The van der Waals surface area contributed by atoms with Gasteiger partial charge in [0.15, 0.2) is 0 Å². The molecule has 0 spiro atoms. The Morgan fingerprint density at radius 3 is 2.81 bits per heavy atom. The lowest BCUT2D eigenvalue weighted by atomic mass is 9.69. The van der Waals surface area contributed by atoms with E-state index in [4.69, 9.17) is 0 Å². The van der Waals surface area contributed by atoms with E-state index in [-0.39, 0.29) is 0 Å². The van der Waals surface area contributed by atoms with Crippen molar-refractivity contribution in [3.63, 3.8) is 0 Å². The van der Waals surface area contributed by atoms with Crippen LogP contribution in [0, 0.1) is 17.3 Å². The van der Waals surface area contributed by atoms with E-state index in [0.717, 1.165) is 12.8 Å². The van der Waals surface area contributed by atoms with Gasteiger partial charge < -0.3 is 5.11 Å². The Bertz CT molecular complexity index is 425. The minimum atomic E-state index is -0.507. The van der Waals surface area contributed by atoms with Crippen LogP contribution in [0.15, 0.2) is 23.3 Å². The molecule has 1 heteroatoms. The van der Waals surface area contributed by atoms with E-state index in [1.807, 2.05) is 0 Å². The zero-order valence-electron chi connectivity index (χ0n) is 14.7. The number of rotatable bonds is 4. The van der Waals surface area contributed by atoms with E-state index in [1.165, 1.54) is 37.7 Å². The van der Waals surface area contributed by atoms with E-state index >= 15 is 0 Å². The predicted octanol–water partition coefficient (Wildman–Crippen LogP) is 5.65. The first-order valence-electron chi connectivity index (χ1n) is 8.76. The van der Waals surface area contributed by atoms with Crippen LogP contribution in [-0.4, -0.2) is 10.7 Å². The maximum Gasteiger partial charge on any atom is 0.0653 e. The highest BCUT2D eigenvalue weighted by atomic mass is 16.3. The molecule has 21 heavy (non-hydrogen) atoms. The van der Waals surface area contributed by atoms with Crippen LogP contribution < -0.4 is 0 Å². The van der Waals surface area contributed by atoms with Crippen molar-refractivity contribution >= 4 is 0 Å². The summed E-state index contributed by atoms with van der Waals surface area (Å²) >= 11 is 0. The third-order valence-electron chi connectivity index (χ3n) is 6.18. The quantitative estimate of drug-likeness (QED) is 0.664. The fourth-order valence-corrected chi connectivity index (χ4v) is 4.64. The zero-order chi connectivity index (χ0) is 15.7. The number of aliphatic hydroxyl groups is 1. The zero-order valence-corrected chi connectivity index (χ0v) is 14.7. The van der Waals surface area contributed by atoms with Gasteiger partial charge >= 0.3 is 0 Å². The monoisotopic (exact) mass is 290 g/mol. The van der Waals surface area contributed by atoms with Gasteiger partial charge in [-0.25, -0.2) is 0 Å². The molecule has 2 aliphatic carbocycles. The normalized spacial score (nSPS) is 35.4. The van der Waals surface area contributed by atoms with Crippen LogP contribution in [0.25, 0.3) is 0 Å². The largest absolute Gasteiger partial charge is 0.390 e. The predicted molar refractivity (Wildman–Crippen MR) is 91.2 cm³/mol. The first kappa shape index (κ1) is 16.8. The van der Waals surface area contributed by atoms with Gasteiger partial charge in [-0.3, -0.25) is 0 Å². The fourth-order valence-electron chi connectivity index (χ4n) is 4.64. The van der Waals surface area contributed by atoms with Crippen molar-refractivity contribution in [1.29, 1.82) is 0 Å². The molecule has 0 bridgehead atoms. The Morgan fingerprint density at radius 1 is 1.43 bits per heavy atom. The van der Waals surface area contributed by atoms with E-state index < -0.39 is 5.60 Å². The van der Waals surface area contributed by atoms with Crippen LogP contribution in [0.1, 0.15) is 79.6 Å². The van der Waals surface area contributed by atoms with E-state index in [1.54, 1.807) is 5.57 Å². The number of hydrogen-bond donors (Lipinski definition) is 1. The van der Waals surface area contributed by atoms with Gasteiger partial charge in [-0.2, -0.15) is 0 Å². The van der Waals surface area contributed by atoms with Crippen molar-refractivity contribution in [3.05, 3.63) is 23.3 Å². The maximum atomic E-state index is 11.1. The Hall–Kier alpha value is -0.560. The summed E-state index contributed by atoms with van der Waals surface area (Å²) in [4.78, 5) is 0.